The van der Waals surface area contributed by atoms with Gasteiger partial charge in [0.15, 0.2) is 0 Å². The van der Waals surface area contributed by atoms with E-state index in [-0.39, 0.29) is 12.0 Å². The molecule has 10 heteroatoms. The molecule has 38 heavy (non-hydrogen) atoms. The summed E-state index contributed by atoms with van der Waals surface area (Å²) in [5.74, 6) is 5.38. The maximum absolute atomic E-state index is 13.5. The molecular weight excluding hydrogens is 499 g/mol. The topological polar surface area (TPSA) is 130 Å². The number of allylic oxidation sites excluding steroid dienone is 4. The van der Waals surface area contributed by atoms with Crippen molar-refractivity contribution in [3.63, 3.8) is 0 Å². The van der Waals surface area contributed by atoms with Crippen molar-refractivity contribution in [3.8, 4) is 0 Å². The second-order valence-electron chi connectivity index (χ2n) is 9.43. The van der Waals surface area contributed by atoms with Crippen molar-refractivity contribution in [3.05, 3.63) is 71.6 Å². The maximum atomic E-state index is 13.5. The zero-order valence-electron chi connectivity index (χ0n) is 23.3. The third kappa shape index (κ3) is 11.2. The van der Waals surface area contributed by atoms with Crippen LogP contribution in [-0.4, -0.2) is 42.5 Å². The number of nitrogen functional groups attached to an aromatic ring is 1. The monoisotopic (exact) mass is 542 g/mol. The molecular formula is C28H43FN8S. The summed E-state index contributed by atoms with van der Waals surface area (Å²) in [6.45, 7) is 20.6. The van der Waals surface area contributed by atoms with E-state index in [1.807, 2.05) is 6.07 Å². The standard InChI is InChI=1S/C28H43FN8S/c1-8-12-25(29)33-16-11-17-34-27(36-20(3)24-14-15-26(31)38-24)22(19-35-32)23(30)13-10-18-37(9-2)21(4)28(5,6)7/h8,11-12,14-16,19H,3-4,9-10,13,17-18,30-32H2,1-2,5-7H3,(H,34,36)/b12-8-,16-11+,23-22-,33-25-,35-19-. The molecule has 1 aromatic rings. The Balaban J connectivity index is 3.21. The Morgan fingerprint density at radius 2 is 1.97 bits per heavy atom. The fourth-order valence-electron chi connectivity index (χ4n) is 3.33. The quantitative estimate of drug-likeness (QED) is 0.106. The molecule has 0 unspecified atom stereocenters. The Morgan fingerprint density at radius 3 is 2.53 bits per heavy atom. The number of nitrogens with one attached hydrogen (secondary N) is 1. The molecule has 0 spiro atoms. The molecule has 7 N–H and O–H groups in total. The normalized spacial score (nSPS) is 13.9. The lowest BCUT2D eigenvalue weighted by molar-refractivity contribution is 0.276. The molecule has 0 aliphatic heterocycles. The van der Waals surface area contributed by atoms with Gasteiger partial charge < -0.3 is 27.5 Å². The van der Waals surface area contributed by atoms with Gasteiger partial charge in [-0.1, -0.05) is 40.0 Å². The van der Waals surface area contributed by atoms with Gasteiger partial charge in [-0.25, -0.2) is 4.99 Å². The number of hydrogen-bond donors (Lipinski definition) is 4. The number of halogens is 1. The van der Waals surface area contributed by atoms with Crippen LogP contribution in [0.5, 0.6) is 0 Å². The van der Waals surface area contributed by atoms with E-state index in [0.717, 1.165) is 30.1 Å². The van der Waals surface area contributed by atoms with Crippen LogP contribution in [0.2, 0.25) is 0 Å². The summed E-state index contributed by atoms with van der Waals surface area (Å²) in [5, 5.41) is 7.61. The van der Waals surface area contributed by atoms with Crippen molar-refractivity contribution in [2.24, 2.45) is 32.1 Å². The first kappa shape index (κ1) is 32.4. The predicted octanol–water partition coefficient (Wildman–Crippen LogP) is 5.57. The number of nitrogens with two attached hydrogens (primary N) is 3. The molecule has 0 aliphatic carbocycles. The third-order valence-electron chi connectivity index (χ3n) is 5.46. The average Bonchev–Trinajstić information content (AvgIpc) is 3.29. The van der Waals surface area contributed by atoms with Crippen molar-refractivity contribution >= 4 is 40.1 Å². The van der Waals surface area contributed by atoms with Crippen LogP contribution in [0.3, 0.4) is 0 Å². The summed E-state index contributed by atoms with van der Waals surface area (Å²) in [7, 11) is 0. The van der Waals surface area contributed by atoms with Crippen molar-refractivity contribution < 1.29 is 4.39 Å². The summed E-state index contributed by atoms with van der Waals surface area (Å²) >= 11 is 1.40. The average molecular weight is 543 g/mol. The van der Waals surface area contributed by atoms with Crippen LogP contribution in [0.4, 0.5) is 9.39 Å². The molecule has 1 aromatic heterocycles. The van der Waals surface area contributed by atoms with E-state index in [9.17, 15) is 4.39 Å². The lowest BCUT2D eigenvalue weighted by atomic mass is 9.91. The maximum Gasteiger partial charge on any atom is 0.212 e. The number of hydrazone groups is 1. The van der Waals surface area contributed by atoms with Crippen LogP contribution in [0.1, 0.15) is 52.3 Å². The minimum absolute atomic E-state index is 0.0165. The largest absolute Gasteiger partial charge is 0.401 e. The van der Waals surface area contributed by atoms with Crippen molar-refractivity contribution in [1.29, 1.82) is 0 Å². The smallest absolute Gasteiger partial charge is 0.212 e. The Labute approximate surface area is 231 Å². The Kier molecular flexibility index (Phi) is 13.8. The minimum Gasteiger partial charge on any atom is -0.401 e. The number of nitrogens with zero attached hydrogens (tertiary/aromatic N) is 4. The molecule has 8 nitrogen and oxygen atoms in total. The lowest BCUT2D eigenvalue weighted by Crippen LogP contribution is -2.31. The molecule has 0 atom stereocenters. The summed E-state index contributed by atoms with van der Waals surface area (Å²) in [4.78, 5) is 11.4. The zero-order valence-corrected chi connectivity index (χ0v) is 24.1. The Bertz CT molecular complexity index is 1120. The summed E-state index contributed by atoms with van der Waals surface area (Å²) in [5.41, 5.74) is 15.2. The number of aliphatic imine (C=N–C) groups is 2. The summed E-state index contributed by atoms with van der Waals surface area (Å²) in [6.07, 6.45) is 8.68. The van der Waals surface area contributed by atoms with Gasteiger partial charge in [0.05, 0.1) is 28.2 Å². The first-order valence-electron chi connectivity index (χ1n) is 12.5. The number of rotatable bonds is 14. The molecule has 0 fully saturated rings. The van der Waals surface area contributed by atoms with Gasteiger partial charge in [0.25, 0.3) is 0 Å². The van der Waals surface area contributed by atoms with Crippen molar-refractivity contribution in [2.45, 2.75) is 47.5 Å². The fraction of sp³-hybridized carbons (Fsp3) is 0.393. The summed E-state index contributed by atoms with van der Waals surface area (Å²) < 4.78 is 13.5. The fourth-order valence-corrected chi connectivity index (χ4v) is 4.03. The van der Waals surface area contributed by atoms with Crippen LogP contribution < -0.4 is 22.6 Å². The van der Waals surface area contributed by atoms with E-state index < -0.39 is 5.97 Å². The molecule has 1 heterocycles. The molecule has 0 radical (unpaired) electrons. The SMILES string of the molecule is C=C(NC(=NC/C=C/N=C(F)/C=C\C)C(/C=N\N)=C(\N)CCCN(CC)C(=C)C(C)(C)C)c1ccc(N)s1. The van der Waals surface area contributed by atoms with Gasteiger partial charge in [0.2, 0.25) is 5.97 Å². The van der Waals surface area contributed by atoms with Gasteiger partial charge in [-0.15, -0.1) is 11.3 Å². The Hall–Kier alpha value is -3.66. The molecule has 208 valence electrons. The van der Waals surface area contributed by atoms with E-state index in [2.05, 4.69) is 66.2 Å². The van der Waals surface area contributed by atoms with Gasteiger partial charge in [-0.3, -0.25) is 4.99 Å². The van der Waals surface area contributed by atoms with Gasteiger partial charge in [0.1, 0.15) is 5.84 Å². The lowest BCUT2D eigenvalue weighted by Gasteiger charge is -2.33. The van der Waals surface area contributed by atoms with Crippen molar-refractivity contribution in [2.75, 3.05) is 25.4 Å². The van der Waals surface area contributed by atoms with Crippen LogP contribution in [0, 0.1) is 5.41 Å². The van der Waals surface area contributed by atoms with Crippen LogP contribution in [0.25, 0.3) is 5.70 Å². The Morgan fingerprint density at radius 1 is 1.26 bits per heavy atom. The highest BCUT2D eigenvalue weighted by atomic mass is 32.1. The zero-order chi connectivity index (χ0) is 28.7. The molecule has 1 rings (SSSR count). The highest BCUT2D eigenvalue weighted by molar-refractivity contribution is 7.16. The van der Waals surface area contributed by atoms with Crippen LogP contribution >= 0.6 is 11.3 Å². The summed E-state index contributed by atoms with van der Waals surface area (Å²) in [6, 6.07) is 3.68. The number of anilines is 1. The highest BCUT2D eigenvalue weighted by Gasteiger charge is 2.20. The first-order valence-corrected chi connectivity index (χ1v) is 13.3. The van der Waals surface area contributed by atoms with Crippen LogP contribution in [-0.2, 0) is 0 Å². The van der Waals surface area contributed by atoms with E-state index in [1.165, 1.54) is 29.8 Å². The molecule has 0 aromatic carbocycles. The molecule has 0 aliphatic rings. The highest BCUT2D eigenvalue weighted by Crippen LogP contribution is 2.27. The van der Waals surface area contributed by atoms with Gasteiger partial charge in [-0.05, 0) is 51.0 Å². The molecule has 0 amide bonds. The van der Waals surface area contributed by atoms with E-state index in [0.29, 0.717) is 34.2 Å². The van der Waals surface area contributed by atoms with Crippen molar-refractivity contribution in [1.82, 2.24) is 10.2 Å². The van der Waals surface area contributed by atoms with E-state index in [4.69, 9.17) is 17.3 Å². The van der Waals surface area contributed by atoms with Gasteiger partial charge in [-0.2, -0.15) is 9.49 Å². The second kappa shape index (κ2) is 16.2. The van der Waals surface area contributed by atoms with E-state index >= 15 is 0 Å². The van der Waals surface area contributed by atoms with Crippen LogP contribution in [0.15, 0.2) is 81.8 Å². The van der Waals surface area contributed by atoms with Gasteiger partial charge in [0, 0.05) is 41.8 Å². The second-order valence-corrected chi connectivity index (χ2v) is 10.5. The number of hydrogen-bond acceptors (Lipinski definition) is 8. The predicted molar refractivity (Wildman–Crippen MR) is 165 cm³/mol. The van der Waals surface area contributed by atoms with Gasteiger partial charge >= 0.3 is 0 Å². The third-order valence-corrected chi connectivity index (χ3v) is 6.44. The van der Waals surface area contributed by atoms with E-state index in [1.54, 1.807) is 25.1 Å². The number of amidine groups is 1. The molecule has 0 saturated heterocycles. The first-order chi connectivity index (χ1) is 17.9. The molecule has 0 saturated carbocycles. The minimum atomic E-state index is -0.593. The number of thiophene rings is 1. The molecule has 0 bridgehead atoms.